The summed E-state index contributed by atoms with van der Waals surface area (Å²) in [6, 6.07) is 0. The summed E-state index contributed by atoms with van der Waals surface area (Å²) < 4.78 is 17.7. The molecule has 0 N–H and O–H groups in total. The number of ether oxygens (including phenoxy) is 4. The first-order chi connectivity index (χ1) is 10.2. The zero-order valence-corrected chi connectivity index (χ0v) is 12.5. The van der Waals surface area contributed by atoms with E-state index in [0.717, 1.165) is 27.2 Å². The fourth-order valence-corrected chi connectivity index (χ4v) is 1.32. The first-order valence-corrected chi connectivity index (χ1v) is 6.03. The Morgan fingerprint density at radius 2 is 1.45 bits per heavy atom. The number of carbonyl (C=O) groups is 5. The van der Waals surface area contributed by atoms with Gasteiger partial charge in [-0.25, -0.2) is 19.2 Å². The van der Waals surface area contributed by atoms with Crippen molar-refractivity contribution in [2.24, 2.45) is 0 Å². The fourth-order valence-electron chi connectivity index (χ4n) is 1.32. The first-order valence-electron chi connectivity index (χ1n) is 6.03. The second-order valence-corrected chi connectivity index (χ2v) is 3.83. The average molecular weight is 316 g/mol. The van der Waals surface area contributed by atoms with E-state index in [9.17, 15) is 24.0 Å². The third-order valence-corrected chi connectivity index (χ3v) is 2.41. The maximum absolute atomic E-state index is 11.9. The molecule has 22 heavy (non-hydrogen) atoms. The molecule has 0 aromatic heterocycles. The number of rotatable bonds is 6. The van der Waals surface area contributed by atoms with Crippen molar-refractivity contribution >= 4 is 29.8 Å². The summed E-state index contributed by atoms with van der Waals surface area (Å²) >= 11 is 0. The number of hydrogen-bond donors (Lipinski definition) is 0. The van der Waals surface area contributed by atoms with Crippen LogP contribution in [0.15, 0.2) is 12.2 Å². The van der Waals surface area contributed by atoms with Crippen LogP contribution in [-0.2, 0) is 42.9 Å². The van der Waals surface area contributed by atoms with Gasteiger partial charge in [0.1, 0.15) is 0 Å². The highest BCUT2D eigenvalue weighted by atomic mass is 16.6. The molecule has 0 radical (unpaired) electrons. The normalized spacial score (nSPS) is 12.9. The summed E-state index contributed by atoms with van der Waals surface area (Å²) in [6.45, 7) is 2.28. The highest BCUT2D eigenvalue weighted by Gasteiger charge is 2.52. The minimum Gasteiger partial charge on any atom is -0.466 e. The minimum absolute atomic E-state index is 0.344. The first kappa shape index (κ1) is 19.3. The number of carbonyl (C=O) groups excluding carboxylic acids is 5. The van der Waals surface area contributed by atoms with Crippen molar-refractivity contribution in [2.75, 3.05) is 14.2 Å². The van der Waals surface area contributed by atoms with Gasteiger partial charge in [0, 0.05) is 25.5 Å². The van der Waals surface area contributed by atoms with Crippen LogP contribution in [0.4, 0.5) is 0 Å². The Bertz CT molecular complexity index is 506. The molecule has 0 aliphatic rings. The van der Waals surface area contributed by atoms with E-state index in [1.165, 1.54) is 6.92 Å². The standard InChI is InChI=1S/C13H16O9/c1-5-13(11(17)20-4,12(18)21-8(2)14)22-10(16)7-6-9(15)19-3/h6-7H,5H2,1-4H3. The van der Waals surface area contributed by atoms with Gasteiger partial charge in [-0.3, -0.25) is 4.79 Å². The molecular formula is C13H16O9. The van der Waals surface area contributed by atoms with Crippen molar-refractivity contribution in [1.29, 1.82) is 0 Å². The lowest BCUT2D eigenvalue weighted by Gasteiger charge is -2.25. The summed E-state index contributed by atoms with van der Waals surface area (Å²) in [5.41, 5.74) is -2.45. The molecule has 0 heterocycles. The van der Waals surface area contributed by atoms with Crippen molar-refractivity contribution in [3.63, 3.8) is 0 Å². The van der Waals surface area contributed by atoms with Crippen LogP contribution in [0.5, 0.6) is 0 Å². The van der Waals surface area contributed by atoms with Gasteiger partial charge in [-0.05, 0) is 0 Å². The third-order valence-electron chi connectivity index (χ3n) is 2.41. The van der Waals surface area contributed by atoms with Crippen molar-refractivity contribution in [3.05, 3.63) is 12.2 Å². The Kier molecular flexibility index (Phi) is 7.50. The van der Waals surface area contributed by atoms with Gasteiger partial charge in [0.2, 0.25) is 0 Å². The lowest BCUT2D eigenvalue weighted by Crippen LogP contribution is -2.52. The zero-order chi connectivity index (χ0) is 17.3. The molecule has 0 aliphatic carbocycles. The Morgan fingerprint density at radius 3 is 1.86 bits per heavy atom. The van der Waals surface area contributed by atoms with Crippen LogP contribution < -0.4 is 0 Å². The van der Waals surface area contributed by atoms with Crippen LogP contribution >= 0.6 is 0 Å². The van der Waals surface area contributed by atoms with E-state index in [0.29, 0.717) is 6.08 Å². The van der Waals surface area contributed by atoms with Gasteiger partial charge in [0.05, 0.1) is 14.2 Å². The molecule has 9 nitrogen and oxygen atoms in total. The molecule has 0 aromatic rings. The van der Waals surface area contributed by atoms with Crippen molar-refractivity contribution < 1.29 is 42.9 Å². The minimum atomic E-state index is -2.45. The molecule has 9 heteroatoms. The second kappa shape index (κ2) is 8.55. The topological polar surface area (TPSA) is 122 Å². The lowest BCUT2D eigenvalue weighted by atomic mass is 10.0. The van der Waals surface area contributed by atoms with E-state index >= 15 is 0 Å². The van der Waals surface area contributed by atoms with Crippen molar-refractivity contribution in [2.45, 2.75) is 25.9 Å². The van der Waals surface area contributed by atoms with E-state index in [-0.39, 0.29) is 6.42 Å². The van der Waals surface area contributed by atoms with Crippen LogP contribution in [0.2, 0.25) is 0 Å². The van der Waals surface area contributed by atoms with Gasteiger partial charge in [-0.2, -0.15) is 0 Å². The van der Waals surface area contributed by atoms with E-state index in [1.807, 2.05) is 0 Å². The van der Waals surface area contributed by atoms with E-state index in [1.54, 1.807) is 0 Å². The average Bonchev–Trinajstić information content (AvgIpc) is 2.48. The van der Waals surface area contributed by atoms with E-state index in [4.69, 9.17) is 4.74 Å². The molecule has 0 aromatic carbocycles. The SMILES string of the molecule is CCC(OC(=O)C=CC(=O)OC)(C(=O)OC)C(=O)OC(C)=O. The van der Waals surface area contributed by atoms with Gasteiger partial charge in [-0.15, -0.1) is 0 Å². The van der Waals surface area contributed by atoms with Crippen molar-refractivity contribution in [3.8, 4) is 0 Å². The maximum atomic E-state index is 11.9. The molecule has 0 amide bonds. The molecule has 0 bridgehead atoms. The molecule has 0 rings (SSSR count). The van der Waals surface area contributed by atoms with Gasteiger partial charge >= 0.3 is 35.4 Å². The Morgan fingerprint density at radius 1 is 0.909 bits per heavy atom. The summed E-state index contributed by atoms with van der Waals surface area (Å²) in [5.74, 6) is -5.65. The smallest absolute Gasteiger partial charge is 0.370 e. The molecule has 0 fully saturated rings. The van der Waals surface area contributed by atoms with Crippen LogP contribution in [0.25, 0.3) is 0 Å². The third kappa shape index (κ3) is 5.00. The molecule has 0 saturated heterocycles. The van der Waals surface area contributed by atoms with Gasteiger partial charge in [-0.1, -0.05) is 6.92 Å². The summed E-state index contributed by atoms with van der Waals surface area (Å²) in [4.78, 5) is 57.1. The molecule has 122 valence electrons. The quantitative estimate of drug-likeness (QED) is 0.280. The molecule has 1 atom stereocenters. The van der Waals surface area contributed by atoms with Crippen LogP contribution in [0, 0.1) is 0 Å². The van der Waals surface area contributed by atoms with Crippen molar-refractivity contribution in [1.82, 2.24) is 0 Å². The predicted octanol–water partition coefficient (Wildman–Crippen LogP) is -0.330. The Hall–Kier alpha value is -2.71. The monoisotopic (exact) mass is 316 g/mol. The van der Waals surface area contributed by atoms with E-state index in [2.05, 4.69) is 14.2 Å². The number of hydrogen-bond acceptors (Lipinski definition) is 9. The van der Waals surface area contributed by atoms with Gasteiger partial charge in [0.25, 0.3) is 0 Å². The maximum Gasteiger partial charge on any atom is 0.370 e. The predicted molar refractivity (Wildman–Crippen MR) is 69.1 cm³/mol. The molecule has 0 aliphatic heterocycles. The largest absolute Gasteiger partial charge is 0.466 e. The summed E-state index contributed by atoms with van der Waals surface area (Å²) in [5, 5.41) is 0. The highest BCUT2D eigenvalue weighted by Crippen LogP contribution is 2.21. The summed E-state index contributed by atoms with van der Waals surface area (Å²) in [6.07, 6.45) is 1.04. The summed E-state index contributed by atoms with van der Waals surface area (Å²) in [7, 11) is 2.05. The highest BCUT2D eigenvalue weighted by molar-refractivity contribution is 6.08. The van der Waals surface area contributed by atoms with Crippen LogP contribution in [0.3, 0.4) is 0 Å². The Labute approximate surface area is 126 Å². The zero-order valence-electron chi connectivity index (χ0n) is 12.5. The van der Waals surface area contributed by atoms with Crippen LogP contribution in [0.1, 0.15) is 20.3 Å². The molecular weight excluding hydrogens is 300 g/mol. The number of methoxy groups -OCH3 is 2. The van der Waals surface area contributed by atoms with E-state index < -0.39 is 35.4 Å². The fraction of sp³-hybridized carbons (Fsp3) is 0.462. The van der Waals surface area contributed by atoms with Gasteiger partial charge < -0.3 is 18.9 Å². The van der Waals surface area contributed by atoms with Gasteiger partial charge in [0.15, 0.2) is 0 Å². The molecule has 0 saturated carbocycles. The molecule has 1 unspecified atom stereocenters. The second-order valence-electron chi connectivity index (χ2n) is 3.83. The molecule has 0 spiro atoms. The number of esters is 5. The Balaban J connectivity index is 5.41. The lowest BCUT2D eigenvalue weighted by molar-refractivity contribution is -0.194. The van der Waals surface area contributed by atoms with Crippen LogP contribution in [-0.4, -0.2) is 49.7 Å².